The van der Waals surface area contributed by atoms with Gasteiger partial charge in [0.1, 0.15) is 12.4 Å². The molecule has 2 unspecified atom stereocenters. The van der Waals surface area contributed by atoms with Crippen molar-refractivity contribution in [3.05, 3.63) is 95.3 Å². The van der Waals surface area contributed by atoms with Crippen LogP contribution in [0.4, 0.5) is 4.79 Å². The van der Waals surface area contributed by atoms with Gasteiger partial charge in [0.2, 0.25) is 5.91 Å². The third-order valence-corrected chi connectivity index (χ3v) is 6.34. The van der Waals surface area contributed by atoms with Crippen molar-refractivity contribution >= 4 is 28.9 Å². The Morgan fingerprint density at radius 1 is 1.03 bits per heavy atom. The summed E-state index contributed by atoms with van der Waals surface area (Å²) in [6, 6.07) is 19.9. The molecule has 174 valence electrons. The number of hydrogen-bond acceptors (Lipinski definition) is 7. The summed E-state index contributed by atoms with van der Waals surface area (Å²) in [6.45, 7) is 2.14. The molecule has 0 saturated carbocycles. The van der Waals surface area contributed by atoms with Gasteiger partial charge in [0, 0.05) is 6.20 Å². The van der Waals surface area contributed by atoms with Crippen molar-refractivity contribution in [1.29, 1.82) is 0 Å². The number of amides is 2. The Morgan fingerprint density at radius 3 is 2.38 bits per heavy atom. The fourth-order valence-electron chi connectivity index (χ4n) is 3.42. The van der Waals surface area contributed by atoms with E-state index in [1.165, 1.54) is 0 Å². The number of ether oxygens (including phenoxy) is 2. The van der Waals surface area contributed by atoms with Crippen molar-refractivity contribution in [3.63, 3.8) is 0 Å². The predicted octanol–water partition coefficient (Wildman–Crippen LogP) is 4.52. The number of hydrogen-bond donors (Lipinski definition) is 1. The van der Waals surface area contributed by atoms with E-state index in [-0.39, 0.29) is 17.8 Å². The highest BCUT2D eigenvalue weighted by Gasteiger charge is 2.31. The van der Waals surface area contributed by atoms with Crippen molar-refractivity contribution in [2.75, 3.05) is 6.61 Å². The Bertz CT molecular complexity index is 1150. The molecule has 0 spiro atoms. The number of aromatic nitrogens is 1. The van der Waals surface area contributed by atoms with Gasteiger partial charge >= 0.3 is 5.97 Å². The molecule has 1 aliphatic rings. The van der Waals surface area contributed by atoms with Crippen LogP contribution in [0, 0.1) is 0 Å². The molecule has 1 aliphatic heterocycles. The van der Waals surface area contributed by atoms with Crippen LogP contribution in [-0.4, -0.2) is 34.0 Å². The van der Waals surface area contributed by atoms with Gasteiger partial charge in [0.05, 0.1) is 16.5 Å². The molecule has 2 aromatic carbocycles. The van der Waals surface area contributed by atoms with Gasteiger partial charge in [-0.05, 0) is 54.3 Å². The fraction of sp³-hybridized carbons (Fsp3) is 0.231. The average molecular weight is 477 g/mol. The van der Waals surface area contributed by atoms with Crippen molar-refractivity contribution in [3.8, 4) is 5.75 Å². The number of benzene rings is 2. The second-order valence-electron chi connectivity index (χ2n) is 7.75. The molecule has 0 radical (unpaired) electrons. The third kappa shape index (κ3) is 6.02. The van der Waals surface area contributed by atoms with E-state index < -0.39 is 17.3 Å². The predicted molar refractivity (Wildman–Crippen MR) is 129 cm³/mol. The highest BCUT2D eigenvalue weighted by atomic mass is 32.2. The lowest BCUT2D eigenvalue weighted by Crippen LogP contribution is -2.25. The molecule has 2 heterocycles. The van der Waals surface area contributed by atoms with Crippen LogP contribution in [0.5, 0.6) is 5.75 Å². The molecule has 8 heteroatoms. The highest BCUT2D eigenvalue weighted by Crippen LogP contribution is 2.25. The first-order valence-corrected chi connectivity index (χ1v) is 11.8. The van der Waals surface area contributed by atoms with E-state index in [9.17, 15) is 14.4 Å². The SMILES string of the molecule is CCc1ccc(C(COc2ccc(CC3SC(=O)NC3=O)cc2)OC(=O)c2ccccc2)nc1. The first-order chi connectivity index (χ1) is 16.5. The Balaban J connectivity index is 1.42. The summed E-state index contributed by atoms with van der Waals surface area (Å²) < 4.78 is 11.7. The Labute approximate surface area is 201 Å². The summed E-state index contributed by atoms with van der Waals surface area (Å²) in [6.07, 6.45) is 2.39. The molecular formula is C26H24N2O5S. The lowest BCUT2D eigenvalue weighted by molar-refractivity contribution is -0.118. The summed E-state index contributed by atoms with van der Waals surface area (Å²) in [5.41, 5.74) is 3.06. The number of carbonyl (C=O) groups is 3. The first kappa shape index (κ1) is 23.5. The molecule has 34 heavy (non-hydrogen) atoms. The van der Waals surface area contributed by atoms with E-state index in [0.717, 1.165) is 29.3 Å². The molecule has 1 N–H and O–H groups in total. The van der Waals surface area contributed by atoms with Gasteiger partial charge in [-0.1, -0.05) is 55.1 Å². The number of thioether (sulfide) groups is 1. The summed E-state index contributed by atoms with van der Waals surface area (Å²) in [5.74, 6) is -0.123. The second kappa shape index (κ2) is 11.0. The number of esters is 1. The largest absolute Gasteiger partial charge is 0.489 e. The van der Waals surface area contributed by atoms with Crippen LogP contribution in [0.3, 0.4) is 0 Å². The third-order valence-electron chi connectivity index (χ3n) is 5.36. The zero-order chi connectivity index (χ0) is 23.9. The van der Waals surface area contributed by atoms with Gasteiger partial charge in [-0.15, -0.1) is 0 Å². The van der Waals surface area contributed by atoms with E-state index in [0.29, 0.717) is 23.4 Å². The molecule has 1 saturated heterocycles. The van der Waals surface area contributed by atoms with Crippen LogP contribution in [-0.2, 0) is 22.4 Å². The van der Waals surface area contributed by atoms with Gasteiger partial charge < -0.3 is 9.47 Å². The van der Waals surface area contributed by atoms with Gasteiger partial charge in [0.25, 0.3) is 5.24 Å². The molecule has 0 aliphatic carbocycles. The number of pyridine rings is 1. The Kier molecular flexibility index (Phi) is 7.59. The van der Waals surface area contributed by atoms with Gasteiger partial charge in [-0.2, -0.15) is 0 Å². The molecule has 7 nitrogen and oxygen atoms in total. The molecule has 4 rings (SSSR count). The van der Waals surface area contributed by atoms with Crippen LogP contribution in [0.1, 0.15) is 40.2 Å². The maximum atomic E-state index is 12.7. The minimum absolute atomic E-state index is 0.0891. The number of imide groups is 1. The quantitative estimate of drug-likeness (QED) is 0.454. The van der Waals surface area contributed by atoms with Gasteiger partial charge in [-0.3, -0.25) is 19.9 Å². The smallest absolute Gasteiger partial charge is 0.338 e. The van der Waals surface area contributed by atoms with E-state index in [1.807, 2.05) is 37.3 Å². The van der Waals surface area contributed by atoms with Crippen LogP contribution < -0.4 is 10.1 Å². The Hall–Kier alpha value is -3.65. The van der Waals surface area contributed by atoms with Crippen LogP contribution in [0.2, 0.25) is 0 Å². The van der Waals surface area contributed by atoms with E-state index in [4.69, 9.17) is 9.47 Å². The van der Waals surface area contributed by atoms with E-state index in [2.05, 4.69) is 10.3 Å². The zero-order valence-electron chi connectivity index (χ0n) is 18.6. The normalized spacial score (nSPS) is 16.1. The molecule has 1 fully saturated rings. The average Bonchev–Trinajstić information content (AvgIpc) is 3.19. The maximum absolute atomic E-state index is 12.7. The monoisotopic (exact) mass is 476 g/mol. The van der Waals surface area contributed by atoms with Gasteiger partial charge in [-0.25, -0.2) is 4.79 Å². The van der Waals surface area contributed by atoms with Crippen LogP contribution >= 0.6 is 11.8 Å². The van der Waals surface area contributed by atoms with Gasteiger partial charge in [0.15, 0.2) is 6.10 Å². The number of nitrogens with zero attached hydrogens (tertiary/aromatic N) is 1. The molecule has 2 amide bonds. The van der Waals surface area contributed by atoms with Crippen molar-refractivity contribution in [2.45, 2.75) is 31.1 Å². The highest BCUT2D eigenvalue weighted by molar-refractivity contribution is 8.15. The number of aryl methyl sites for hydroxylation is 1. The van der Waals surface area contributed by atoms with Crippen LogP contribution in [0.25, 0.3) is 0 Å². The lowest BCUT2D eigenvalue weighted by atomic mass is 10.1. The second-order valence-corrected chi connectivity index (χ2v) is 8.92. The molecular weight excluding hydrogens is 452 g/mol. The van der Waals surface area contributed by atoms with Crippen LogP contribution in [0.15, 0.2) is 72.9 Å². The number of rotatable bonds is 9. The molecule has 0 bridgehead atoms. The summed E-state index contributed by atoms with van der Waals surface area (Å²) in [4.78, 5) is 40.2. The van der Waals surface area contributed by atoms with Crippen molar-refractivity contribution in [2.24, 2.45) is 0 Å². The molecule has 3 aromatic rings. The summed E-state index contributed by atoms with van der Waals surface area (Å²) in [7, 11) is 0. The fourth-order valence-corrected chi connectivity index (χ4v) is 4.28. The standard InChI is InChI=1S/C26H24N2O5S/c1-2-17-10-13-21(27-15-17)22(33-25(30)19-6-4-3-5-7-19)16-32-20-11-8-18(9-12-20)14-23-24(29)28-26(31)34-23/h3-13,15,22-23H,2,14,16H2,1H3,(H,28,29,31). The zero-order valence-corrected chi connectivity index (χ0v) is 19.4. The minimum Gasteiger partial charge on any atom is -0.489 e. The summed E-state index contributed by atoms with van der Waals surface area (Å²) in [5, 5.41) is 1.56. The first-order valence-electron chi connectivity index (χ1n) is 11.0. The Morgan fingerprint density at radius 2 is 1.76 bits per heavy atom. The number of nitrogens with one attached hydrogen (secondary N) is 1. The molecule has 1 aromatic heterocycles. The molecule has 2 atom stereocenters. The topological polar surface area (TPSA) is 94.6 Å². The van der Waals surface area contributed by atoms with E-state index in [1.54, 1.807) is 42.6 Å². The number of carbonyl (C=O) groups excluding carboxylic acids is 3. The maximum Gasteiger partial charge on any atom is 0.338 e. The summed E-state index contributed by atoms with van der Waals surface area (Å²) >= 11 is 1.00. The lowest BCUT2D eigenvalue weighted by Gasteiger charge is -2.19. The van der Waals surface area contributed by atoms with Crippen molar-refractivity contribution < 1.29 is 23.9 Å². The minimum atomic E-state index is -0.692. The van der Waals surface area contributed by atoms with E-state index >= 15 is 0 Å². The van der Waals surface area contributed by atoms with Crippen molar-refractivity contribution in [1.82, 2.24) is 10.3 Å².